The van der Waals surface area contributed by atoms with Crippen molar-refractivity contribution in [2.24, 2.45) is 7.05 Å². The lowest BCUT2D eigenvalue weighted by molar-refractivity contribution is 0.242. The highest BCUT2D eigenvalue weighted by atomic mass is 19.1. The molecule has 0 spiro atoms. The molecule has 0 aliphatic heterocycles. The Labute approximate surface area is 146 Å². The average molecular weight is 341 g/mol. The molecular formula is C19H20FN3O2. The third kappa shape index (κ3) is 3.63. The van der Waals surface area contributed by atoms with Gasteiger partial charge in [0.15, 0.2) is 0 Å². The van der Waals surface area contributed by atoms with Gasteiger partial charge in [-0.25, -0.2) is 9.37 Å². The summed E-state index contributed by atoms with van der Waals surface area (Å²) < 4.78 is 26.6. The smallest absolute Gasteiger partial charge is 0.221 e. The predicted molar refractivity (Wildman–Crippen MR) is 94.1 cm³/mol. The summed E-state index contributed by atoms with van der Waals surface area (Å²) in [7, 11) is 3.41. The standard InChI is InChI=1S/C19H20FN3O2/c1-12(2)25-18-9-14(20)5-6-15(18)16-7-8-17(22-19(16)24-4)13-10-21-23(3)11-13/h5-12H,1-4H3. The Balaban J connectivity index is 2.08. The minimum Gasteiger partial charge on any atom is -0.490 e. The summed E-state index contributed by atoms with van der Waals surface area (Å²) in [5, 5.41) is 4.16. The van der Waals surface area contributed by atoms with E-state index in [-0.39, 0.29) is 11.9 Å². The molecule has 3 aromatic rings. The van der Waals surface area contributed by atoms with Gasteiger partial charge in [0, 0.05) is 36.0 Å². The Bertz CT molecular complexity index is 890. The Hall–Kier alpha value is -2.89. The second-order valence-electron chi connectivity index (χ2n) is 5.96. The van der Waals surface area contributed by atoms with E-state index in [0.717, 1.165) is 22.4 Å². The van der Waals surface area contributed by atoms with Gasteiger partial charge in [0.2, 0.25) is 5.88 Å². The van der Waals surface area contributed by atoms with E-state index in [1.165, 1.54) is 12.1 Å². The second kappa shape index (κ2) is 6.93. The van der Waals surface area contributed by atoms with E-state index in [1.54, 1.807) is 24.1 Å². The highest BCUT2D eigenvalue weighted by Gasteiger charge is 2.16. The first kappa shape index (κ1) is 17.0. The number of aromatic nitrogens is 3. The Morgan fingerprint density at radius 3 is 2.52 bits per heavy atom. The number of pyridine rings is 1. The van der Waals surface area contributed by atoms with Crippen LogP contribution in [-0.4, -0.2) is 28.0 Å². The van der Waals surface area contributed by atoms with E-state index in [2.05, 4.69) is 10.1 Å². The number of hydrogen-bond donors (Lipinski definition) is 0. The van der Waals surface area contributed by atoms with Crippen LogP contribution in [0.25, 0.3) is 22.4 Å². The molecule has 0 N–H and O–H groups in total. The predicted octanol–water partition coefficient (Wildman–Crippen LogP) is 4.08. The summed E-state index contributed by atoms with van der Waals surface area (Å²) in [6.45, 7) is 3.80. The molecule has 0 aliphatic rings. The lowest BCUT2D eigenvalue weighted by Crippen LogP contribution is -2.07. The maximum Gasteiger partial charge on any atom is 0.221 e. The topological polar surface area (TPSA) is 49.2 Å². The molecule has 0 saturated heterocycles. The first-order valence-electron chi connectivity index (χ1n) is 7.98. The van der Waals surface area contributed by atoms with Crippen LogP contribution in [-0.2, 0) is 7.05 Å². The van der Waals surface area contributed by atoms with Crippen molar-refractivity contribution in [3.63, 3.8) is 0 Å². The molecule has 25 heavy (non-hydrogen) atoms. The number of rotatable bonds is 5. The van der Waals surface area contributed by atoms with Crippen LogP contribution in [0.1, 0.15) is 13.8 Å². The van der Waals surface area contributed by atoms with Gasteiger partial charge in [0.25, 0.3) is 0 Å². The molecule has 0 unspecified atom stereocenters. The van der Waals surface area contributed by atoms with Crippen LogP contribution in [0.2, 0.25) is 0 Å². The number of nitrogens with zero attached hydrogens (tertiary/aromatic N) is 3. The molecule has 0 aliphatic carbocycles. The lowest BCUT2D eigenvalue weighted by Gasteiger charge is -2.16. The molecular weight excluding hydrogens is 321 g/mol. The summed E-state index contributed by atoms with van der Waals surface area (Å²) in [6, 6.07) is 8.24. The van der Waals surface area contributed by atoms with Gasteiger partial charge in [-0.3, -0.25) is 4.68 Å². The van der Waals surface area contributed by atoms with Crippen LogP contribution in [0.5, 0.6) is 11.6 Å². The van der Waals surface area contributed by atoms with Crippen LogP contribution < -0.4 is 9.47 Å². The van der Waals surface area contributed by atoms with E-state index < -0.39 is 0 Å². The molecule has 6 heteroatoms. The number of halogens is 1. The molecule has 0 amide bonds. The quantitative estimate of drug-likeness (QED) is 0.701. The summed E-state index contributed by atoms with van der Waals surface area (Å²) in [4.78, 5) is 4.57. The van der Waals surface area contributed by atoms with Crippen LogP contribution in [0.3, 0.4) is 0 Å². The maximum absolute atomic E-state index is 13.6. The average Bonchev–Trinajstić information content (AvgIpc) is 3.00. The second-order valence-corrected chi connectivity index (χ2v) is 5.96. The first-order chi connectivity index (χ1) is 12.0. The van der Waals surface area contributed by atoms with Gasteiger partial charge < -0.3 is 9.47 Å². The van der Waals surface area contributed by atoms with Gasteiger partial charge in [-0.1, -0.05) is 0 Å². The fourth-order valence-electron chi connectivity index (χ4n) is 2.59. The highest BCUT2D eigenvalue weighted by Crippen LogP contribution is 2.37. The number of hydrogen-bond acceptors (Lipinski definition) is 4. The first-order valence-corrected chi connectivity index (χ1v) is 7.98. The van der Waals surface area contributed by atoms with Gasteiger partial charge in [-0.15, -0.1) is 0 Å². The van der Waals surface area contributed by atoms with Gasteiger partial charge in [-0.2, -0.15) is 5.10 Å². The van der Waals surface area contributed by atoms with Crippen molar-refractivity contribution in [2.45, 2.75) is 20.0 Å². The Morgan fingerprint density at radius 2 is 1.88 bits per heavy atom. The van der Waals surface area contributed by atoms with Gasteiger partial charge >= 0.3 is 0 Å². The van der Waals surface area contributed by atoms with E-state index in [1.807, 2.05) is 39.2 Å². The van der Waals surface area contributed by atoms with E-state index in [4.69, 9.17) is 9.47 Å². The zero-order valence-electron chi connectivity index (χ0n) is 14.7. The summed E-state index contributed by atoms with van der Waals surface area (Å²) >= 11 is 0. The minimum absolute atomic E-state index is 0.0748. The summed E-state index contributed by atoms with van der Waals surface area (Å²) in [5.74, 6) is 0.559. The summed E-state index contributed by atoms with van der Waals surface area (Å²) in [5.41, 5.74) is 3.12. The fraction of sp³-hybridized carbons (Fsp3) is 0.263. The highest BCUT2D eigenvalue weighted by molar-refractivity contribution is 5.76. The number of benzene rings is 1. The fourth-order valence-corrected chi connectivity index (χ4v) is 2.59. The number of aryl methyl sites for hydroxylation is 1. The van der Waals surface area contributed by atoms with E-state index in [9.17, 15) is 4.39 Å². The molecule has 0 saturated carbocycles. The normalized spacial score (nSPS) is 11.0. The van der Waals surface area contributed by atoms with Crippen molar-refractivity contribution in [1.82, 2.24) is 14.8 Å². The van der Waals surface area contributed by atoms with Crippen molar-refractivity contribution in [3.05, 3.63) is 48.5 Å². The SMILES string of the molecule is COc1nc(-c2cnn(C)c2)ccc1-c1ccc(F)cc1OC(C)C. The number of ether oxygens (including phenoxy) is 2. The molecule has 130 valence electrons. The third-order valence-electron chi connectivity index (χ3n) is 3.65. The molecule has 2 aromatic heterocycles. The summed E-state index contributed by atoms with van der Waals surface area (Å²) in [6.07, 6.45) is 3.55. The van der Waals surface area contributed by atoms with Gasteiger partial charge in [0.1, 0.15) is 11.6 Å². The van der Waals surface area contributed by atoms with Crippen molar-refractivity contribution in [1.29, 1.82) is 0 Å². The maximum atomic E-state index is 13.6. The number of methoxy groups -OCH3 is 1. The molecule has 0 bridgehead atoms. The van der Waals surface area contributed by atoms with Gasteiger partial charge in [-0.05, 0) is 38.1 Å². The van der Waals surface area contributed by atoms with E-state index in [0.29, 0.717) is 11.6 Å². The van der Waals surface area contributed by atoms with Crippen molar-refractivity contribution < 1.29 is 13.9 Å². The van der Waals surface area contributed by atoms with Gasteiger partial charge in [0.05, 0.1) is 25.1 Å². The zero-order chi connectivity index (χ0) is 18.0. The monoisotopic (exact) mass is 341 g/mol. The van der Waals surface area contributed by atoms with Crippen LogP contribution in [0.4, 0.5) is 4.39 Å². The van der Waals surface area contributed by atoms with Crippen LogP contribution in [0.15, 0.2) is 42.7 Å². The molecule has 0 atom stereocenters. The molecule has 0 radical (unpaired) electrons. The molecule has 0 fully saturated rings. The zero-order valence-corrected chi connectivity index (χ0v) is 14.7. The van der Waals surface area contributed by atoms with E-state index >= 15 is 0 Å². The Kier molecular flexibility index (Phi) is 4.70. The van der Waals surface area contributed by atoms with Crippen molar-refractivity contribution in [3.8, 4) is 34.0 Å². The molecule has 3 rings (SSSR count). The van der Waals surface area contributed by atoms with Crippen LogP contribution >= 0.6 is 0 Å². The largest absolute Gasteiger partial charge is 0.490 e. The molecule has 1 aromatic carbocycles. The van der Waals surface area contributed by atoms with Crippen LogP contribution in [0, 0.1) is 5.82 Å². The third-order valence-corrected chi connectivity index (χ3v) is 3.65. The van der Waals surface area contributed by atoms with Crippen molar-refractivity contribution in [2.75, 3.05) is 7.11 Å². The molecule has 5 nitrogen and oxygen atoms in total. The Morgan fingerprint density at radius 1 is 1.12 bits per heavy atom. The minimum atomic E-state index is -0.349. The molecule has 2 heterocycles. The van der Waals surface area contributed by atoms with Crippen molar-refractivity contribution >= 4 is 0 Å². The lowest BCUT2D eigenvalue weighted by atomic mass is 10.0.